The molecular weight excluding hydrogens is 404 g/mol. The summed E-state index contributed by atoms with van der Waals surface area (Å²) in [7, 11) is 0. The van der Waals surface area contributed by atoms with E-state index in [4.69, 9.17) is 9.15 Å². The zero-order valence-electron chi connectivity index (χ0n) is 15.6. The van der Waals surface area contributed by atoms with Crippen LogP contribution in [0.3, 0.4) is 0 Å². The summed E-state index contributed by atoms with van der Waals surface area (Å²) in [6.45, 7) is -0.423. The summed E-state index contributed by atoms with van der Waals surface area (Å²) in [4.78, 5) is 36.7. The van der Waals surface area contributed by atoms with E-state index in [0.29, 0.717) is 10.7 Å². The van der Waals surface area contributed by atoms with Crippen molar-refractivity contribution in [1.29, 1.82) is 0 Å². The van der Waals surface area contributed by atoms with Crippen LogP contribution in [-0.2, 0) is 9.53 Å². The topological polar surface area (TPSA) is 97.6 Å². The average Bonchev–Trinajstić information content (AvgIpc) is 3.45. The number of esters is 1. The van der Waals surface area contributed by atoms with Crippen LogP contribution in [-0.4, -0.2) is 24.4 Å². The van der Waals surface area contributed by atoms with Gasteiger partial charge in [0, 0.05) is 11.1 Å². The van der Waals surface area contributed by atoms with Crippen molar-refractivity contribution in [2.24, 2.45) is 0 Å². The summed E-state index contributed by atoms with van der Waals surface area (Å²) in [6, 6.07) is 19.5. The van der Waals surface area contributed by atoms with Crippen LogP contribution in [0.15, 0.2) is 77.4 Å². The molecule has 0 radical (unpaired) electrons. The van der Waals surface area contributed by atoms with Crippen LogP contribution in [0.4, 0.5) is 10.7 Å². The molecule has 7 nitrogen and oxygen atoms in total. The number of furan rings is 1. The predicted molar refractivity (Wildman–Crippen MR) is 114 cm³/mol. The summed E-state index contributed by atoms with van der Waals surface area (Å²) in [5.41, 5.74) is 0.646. The number of anilines is 2. The van der Waals surface area contributed by atoms with Crippen molar-refractivity contribution in [1.82, 2.24) is 0 Å². The van der Waals surface area contributed by atoms with Gasteiger partial charge in [0.2, 0.25) is 0 Å². The molecule has 0 aliphatic carbocycles. The summed E-state index contributed by atoms with van der Waals surface area (Å²) in [5, 5.41) is 7.75. The van der Waals surface area contributed by atoms with Crippen molar-refractivity contribution in [2.75, 3.05) is 17.2 Å². The zero-order chi connectivity index (χ0) is 20.9. The number of carbonyl (C=O) groups is 3. The molecule has 2 amide bonds. The minimum Gasteiger partial charge on any atom is -0.459 e. The van der Waals surface area contributed by atoms with Gasteiger partial charge in [-0.25, -0.2) is 4.79 Å². The van der Waals surface area contributed by atoms with Crippen LogP contribution in [0.25, 0.3) is 10.8 Å². The highest BCUT2D eigenvalue weighted by molar-refractivity contribution is 7.18. The average molecular weight is 420 g/mol. The number of thiophene rings is 1. The summed E-state index contributed by atoms with van der Waals surface area (Å²) in [5.74, 6) is -1.34. The molecule has 2 heterocycles. The normalized spacial score (nSPS) is 10.5. The van der Waals surface area contributed by atoms with Gasteiger partial charge in [-0.05, 0) is 35.7 Å². The second kappa shape index (κ2) is 8.62. The molecular formula is C22H16N2O5S. The van der Waals surface area contributed by atoms with Gasteiger partial charge in [0.05, 0.1) is 11.3 Å². The second-order valence-corrected chi connectivity index (χ2v) is 7.33. The van der Waals surface area contributed by atoms with Crippen LogP contribution in [0.1, 0.15) is 20.2 Å². The molecule has 8 heteroatoms. The van der Waals surface area contributed by atoms with Crippen molar-refractivity contribution < 1.29 is 23.5 Å². The Labute approximate surface area is 175 Å². The SMILES string of the molecule is O=C(COC(=O)c1ccc(NC(=O)c2ccco2)s1)Nc1cccc2ccccc12. The molecule has 0 spiro atoms. The van der Waals surface area contributed by atoms with E-state index in [-0.39, 0.29) is 10.6 Å². The lowest BCUT2D eigenvalue weighted by molar-refractivity contribution is -0.119. The number of amides is 2. The largest absolute Gasteiger partial charge is 0.459 e. The minimum atomic E-state index is -0.647. The predicted octanol–water partition coefficient (Wildman–Crippen LogP) is 4.54. The zero-order valence-corrected chi connectivity index (χ0v) is 16.4. The third-order valence-electron chi connectivity index (χ3n) is 4.19. The molecule has 0 fully saturated rings. The summed E-state index contributed by atoms with van der Waals surface area (Å²) < 4.78 is 10.1. The molecule has 2 N–H and O–H groups in total. The van der Waals surface area contributed by atoms with E-state index >= 15 is 0 Å². The number of benzene rings is 2. The van der Waals surface area contributed by atoms with Gasteiger partial charge in [0.15, 0.2) is 12.4 Å². The van der Waals surface area contributed by atoms with Gasteiger partial charge in [0.1, 0.15) is 4.88 Å². The maximum Gasteiger partial charge on any atom is 0.348 e. The number of carbonyl (C=O) groups excluding carboxylic acids is 3. The number of hydrogen-bond donors (Lipinski definition) is 2. The molecule has 0 atom stereocenters. The molecule has 150 valence electrons. The number of ether oxygens (including phenoxy) is 1. The monoisotopic (exact) mass is 420 g/mol. The molecule has 0 saturated heterocycles. The maximum atomic E-state index is 12.2. The quantitative estimate of drug-likeness (QED) is 0.446. The Bertz CT molecular complexity index is 1210. The fraction of sp³-hybridized carbons (Fsp3) is 0.0455. The van der Waals surface area contributed by atoms with Crippen molar-refractivity contribution in [3.8, 4) is 0 Å². The number of rotatable bonds is 6. The van der Waals surface area contributed by atoms with E-state index in [9.17, 15) is 14.4 Å². The van der Waals surface area contributed by atoms with E-state index < -0.39 is 24.4 Å². The molecule has 2 aromatic heterocycles. The minimum absolute atomic E-state index is 0.164. The van der Waals surface area contributed by atoms with E-state index in [0.717, 1.165) is 22.1 Å². The Balaban J connectivity index is 1.33. The molecule has 0 saturated carbocycles. The summed E-state index contributed by atoms with van der Waals surface area (Å²) in [6.07, 6.45) is 1.40. The first-order valence-corrected chi connectivity index (χ1v) is 9.81. The van der Waals surface area contributed by atoms with Gasteiger partial charge < -0.3 is 19.8 Å². The van der Waals surface area contributed by atoms with Crippen LogP contribution in [0.5, 0.6) is 0 Å². The molecule has 0 bridgehead atoms. The number of fused-ring (bicyclic) bond motifs is 1. The Morgan fingerprint density at radius 3 is 2.57 bits per heavy atom. The summed E-state index contributed by atoms with van der Waals surface area (Å²) >= 11 is 1.04. The Morgan fingerprint density at radius 2 is 1.73 bits per heavy atom. The van der Waals surface area contributed by atoms with Gasteiger partial charge in [-0.3, -0.25) is 9.59 Å². The Kier molecular flexibility index (Phi) is 5.58. The fourth-order valence-corrected chi connectivity index (χ4v) is 3.61. The Hall–Kier alpha value is -3.91. The number of nitrogens with one attached hydrogen (secondary N) is 2. The van der Waals surface area contributed by atoms with Crippen molar-refractivity contribution in [3.05, 3.63) is 83.6 Å². The molecule has 2 aromatic carbocycles. The molecule has 0 unspecified atom stereocenters. The third-order valence-corrected chi connectivity index (χ3v) is 5.17. The van der Waals surface area contributed by atoms with E-state index in [1.165, 1.54) is 18.4 Å². The van der Waals surface area contributed by atoms with Crippen LogP contribution >= 0.6 is 11.3 Å². The van der Waals surface area contributed by atoms with E-state index in [1.807, 2.05) is 36.4 Å². The first-order chi connectivity index (χ1) is 14.6. The smallest absolute Gasteiger partial charge is 0.348 e. The molecule has 0 aliphatic rings. The Morgan fingerprint density at radius 1 is 0.900 bits per heavy atom. The van der Waals surface area contributed by atoms with Gasteiger partial charge >= 0.3 is 5.97 Å². The van der Waals surface area contributed by atoms with Crippen molar-refractivity contribution in [2.45, 2.75) is 0 Å². The third kappa shape index (κ3) is 4.39. The van der Waals surface area contributed by atoms with Gasteiger partial charge in [-0.2, -0.15) is 0 Å². The highest BCUT2D eigenvalue weighted by atomic mass is 32.1. The van der Waals surface area contributed by atoms with E-state index in [2.05, 4.69) is 10.6 Å². The van der Waals surface area contributed by atoms with Crippen molar-refractivity contribution >= 4 is 50.6 Å². The first kappa shape index (κ1) is 19.4. The highest BCUT2D eigenvalue weighted by Gasteiger charge is 2.16. The fourth-order valence-electron chi connectivity index (χ4n) is 2.82. The van der Waals surface area contributed by atoms with Crippen LogP contribution in [0, 0.1) is 0 Å². The lowest BCUT2D eigenvalue weighted by Crippen LogP contribution is -2.20. The van der Waals surface area contributed by atoms with Gasteiger partial charge in [-0.15, -0.1) is 11.3 Å². The lowest BCUT2D eigenvalue weighted by atomic mass is 10.1. The molecule has 0 aliphatic heterocycles. The maximum absolute atomic E-state index is 12.2. The van der Waals surface area contributed by atoms with Crippen LogP contribution in [0.2, 0.25) is 0 Å². The molecule has 30 heavy (non-hydrogen) atoms. The van der Waals surface area contributed by atoms with E-state index in [1.54, 1.807) is 18.2 Å². The molecule has 4 rings (SSSR count). The first-order valence-electron chi connectivity index (χ1n) is 8.99. The van der Waals surface area contributed by atoms with Gasteiger partial charge in [0.25, 0.3) is 11.8 Å². The standard InChI is InChI=1S/C22H16N2O5S/c25-19(23-16-8-3-6-14-5-1-2-7-15(14)16)13-29-22(27)18-10-11-20(30-18)24-21(26)17-9-4-12-28-17/h1-12H,13H2,(H,23,25)(H,24,26). The van der Waals surface area contributed by atoms with Gasteiger partial charge in [-0.1, -0.05) is 36.4 Å². The number of hydrogen-bond acceptors (Lipinski definition) is 6. The lowest BCUT2D eigenvalue weighted by Gasteiger charge is -2.09. The van der Waals surface area contributed by atoms with Crippen LogP contribution < -0.4 is 10.6 Å². The highest BCUT2D eigenvalue weighted by Crippen LogP contribution is 2.24. The second-order valence-electron chi connectivity index (χ2n) is 6.25. The molecule has 4 aromatic rings. The van der Waals surface area contributed by atoms with Crippen molar-refractivity contribution in [3.63, 3.8) is 0 Å².